The first-order valence-electron chi connectivity index (χ1n) is 1.77. The molecule has 0 aliphatic heterocycles. The highest BCUT2D eigenvalue weighted by Crippen LogP contribution is 1.96. The van der Waals surface area contributed by atoms with Gasteiger partial charge < -0.3 is 0 Å². The molecule has 0 amide bonds. The average molecular weight is 194 g/mol. The minimum Gasteiger partial charge on any atom is -0.132 e. The van der Waals surface area contributed by atoms with E-state index in [0.29, 0.717) is 3.92 Å². The van der Waals surface area contributed by atoms with Gasteiger partial charge in [0.2, 0.25) is 0 Å². The van der Waals surface area contributed by atoms with Crippen molar-refractivity contribution in [3.63, 3.8) is 0 Å². The van der Waals surface area contributed by atoms with Crippen molar-refractivity contribution in [2.45, 2.75) is 10.8 Å². The summed E-state index contributed by atoms with van der Waals surface area (Å²) in [4.78, 5) is 0. The Morgan fingerprint density at radius 3 is 2.50 bits per heavy atom. The van der Waals surface area contributed by atoms with Gasteiger partial charge in [-0.2, -0.15) is 0 Å². The van der Waals surface area contributed by atoms with Gasteiger partial charge in [-0.05, 0) is 13.0 Å². The van der Waals surface area contributed by atoms with Crippen LogP contribution in [0.15, 0.2) is 18.4 Å². The number of rotatable bonds is 1. The largest absolute Gasteiger partial charge is 0.132 e. The first-order chi connectivity index (χ1) is 2.77. The van der Waals surface area contributed by atoms with Crippen LogP contribution in [0.25, 0.3) is 0 Å². The fraction of sp³-hybridized carbons (Fsp3) is 0.400. The second-order valence-electron chi connectivity index (χ2n) is 1.05. The molecule has 0 saturated heterocycles. The smallest absolute Gasteiger partial charge is 0.0335 e. The number of hydrogen-bond donors (Lipinski definition) is 0. The van der Waals surface area contributed by atoms with Gasteiger partial charge in [0.15, 0.2) is 0 Å². The third kappa shape index (κ3) is 4.25. The Labute approximate surface area is 52.1 Å². The Kier molecular flexibility index (Phi) is 3.58. The van der Waals surface area contributed by atoms with Gasteiger partial charge in [-0.25, -0.2) is 0 Å². The molecule has 0 aliphatic carbocycles. The van der Waals surface area contributed by atoms with Crippen molar-refractivity contribution >= 4 is 22.6 Å². The molecule has 0 nitrogen and oxygen atoms in total. The van der Waals surface area contributed by atoms with Crippen LogP contribution in [0.1, 0.15) is 6.92 Å². The normalized spacial score (nSPS) is 12.3. The molecule has 0 fully saturated rings. The van der Waals surface area contributed by atoms with E-state index in [1.807, 2.05) is 6.08 Å². The molecule has 0 aromatic heterocycles. The molecule has 6 heavy (non-hydrogen) atoms. The Hall–Kier alpha value is 0.250. The zero-order valence-corrected chi connectivity index (χ0v) is 5.90. The van der Waals surface area contributed by atoms with Gasteiger partial charge in [-0.3, -0.25) is 0 Å². The summed E-state index contributed by atoms with van der Waals surface area (Å²) in [6.07, 6.45) is 1.92. The van der Waals surface area contributed by atoms with Crippen LogP contribution in [-0.4, -0.2) is 3.92 Å². The van der Waals surface area contributed by atoms with Crippen molar-refractivity contribution in [1.82, 2.24) is 0 Å². The summed E-state index contributed by atoms with van der Waals surface area (Å²) in [6.45, 7) is 5.50. The predicted molar refractivity (Wildman–Crippen MR) is 37.2 cm³/mol. The fourth-order valence-corrected chi connectivity index (χ4v) is 0.417. The third-order valence-electron chi connectivity index (χ3n) is 0.348. The molecular formula is C5H7I. The van der Waals surface area contributed by atoms with Crippen LogP contribution >= 0.6 is 22.6 Å². The molecule has 1 unspecified atom stereocenters. The second-order valence-corrected chi connectivity index (χ2v) is 3.01. The Morgan fingerprint density at radius 1 is 2.00 bits per heavy atom. The Morgan fingerprint density at radius 2 is 2.50 bits per heavy atom. The third-order valence-corrected chi connectivity index (χ3v) is 0.707. The minimum atomic E-state index is 0.570. The van der Waals surface area contributed by atoms with Crippen molar-refractivity contribution < 1.29 is 0 Å². The fourth-order valence-electron chi connectivity index (χ4n) is 0.162. The van der Waals surface area contributed by atoms with E-state index in [4.69, 9.17) is 0 Å². The van der Waals surface area contributed by atoms with Gasteiger partial charge in [-0.1, -0.05) is 29.2 Å². The molecule has 1 atom stereocenters. The van der Waals surface area contributed by atoms with Crippen molar-refractivity contribution in [1.29, 1.82) is 0 Å². The molecule has 0 bridgehead atoms. The van der Waals surface area contributed by atoms with Gasteiger partial charge in [0.1, 0.15) is 0 Å². The molecule has 0 radical (unpaired) electrons. The maximum Gasteiger partial charge on any atom is 0.0335 e. The lowest BCUT2D eigenvalue weighted by Crippen LogP contribution is -1.74. The summed E-state index contributed by atoms with van der Waals surface area (Å²) in [5.74, 6) is 0. The van der Waals surface area contributed by atoms with Crippen LogP contribution in [-0.2, 0) is 0 Å². The average Bonchev–Trinajstić information content (AvgIpc) is 1.35. The van der Waals surface area contributed by atoms with E-state index >= 15 is 0 Å². The molecule has 0 heterocycles. The zero-order valence-electron chi connectivity index (χ0n) is 3.74. The highest BCUT2D eigenvalue weighted by Gasteiger charge is 1.78. The first-order valence-corrected chi connectivity index (χ1v) is 3.02. The summed E-state index contributed by atoms with van der Waals surface area (Å²) in [5.41, 5.74) is 2.68. The van der Waals surface area contributed by atoms with Crippen molar-refractivity contribution in [3.8, 4) is 0 Å². The molecule has 1 heteroatoms. The zero-order chi connectivity index (χ0) is 4.99. The number of hydrogen-bond acceptors (Lipinski definition) is 0. The lowest BCUT2D eigenvalue weighted by Gasteiger charge is -1.81. The summed E-state index contributed by atoms with van der Waals surface area (Å²) < 4.78 is 0.570. The van der Waals surface area contributed by atoms with Crippen molar-refractivity contribution in [2.24, 2.45) is 0 Å². The Bertz CT molecular complexity index is 68.0. The van der Waals surface area contributed by atoms with E-state index in [9.17, 15) is 0 Å². The Balaban J connectivity index is 3.29. The van der Waals surface area contributed by atoms with E-state index in [1.165, 1.54) is 0 Å². The van der Waals surface area contributed by atoms with Crippen LogP contribution in [0.5, 0.6) is 0 Å². The van der Waals surface area contributed by atoms with Crippen molar-refractivity contribution in [3.05, 3.63) is 18.4 Å². The molecule has 34 valence electrons. The number of allylic oxidation sites excluding steroid dienone is 1. The molecule has 0 N–H and O–H groups in total. The monoisotopic (exact) mass is 194 g/mol. The maximum atomic E-state index is 3.42. The van der Waals surface area contributed by atoms with Gasteiger partial charge in [0.05, 0.1) is 0 Å². The summed E-state index contributed by atoms with van der Waals surface area (Å²) >= 11 is 2.28. The first kappa shape index (κ1) is 6.25. The molecule has 0 rings (SSSR count). The minimum absolute atomic E-state index is 0.570. The van der Waals surface area contributed by atoms with Crippen LogP contribution in [0.3, 0.4) is 0 Å². The highest BCUT2D eigenvalue weighted by atomic mass is 127. The predicted octanol–water partition coefficient (Wildman–Crippen LogP) is 2.15. The van der Waals surface area contributed by atoms with E-state index in [2.05, 4.69) is 41.8 Å². The maximum absolute atomic E-state index is 3.42. The molecule has 0 aromatic rings. The highest BCUT2D eigenvalue weighted by molar-refractivity contribution is 14.1. The number of alkyl halides is 1. The quantitative estimate of drug-likeness (QED) is 0.341. The van der Waals surface area contributed by atoms with Gasteiger partial charge in [-0.15, -0.1) is 5.73 Å². The lowest BCUT2D eigenvalue weighted by atomic mass is 10.5. The van der Waals surface area contributed by atoms with Gasteiger partial charge in [0.25, 0.3) is 0 Å². The van der Waals surface area contributed by atoms with Crippen LogP contribution in [0.4, 0.5) is 0 Å². The molecule has 0 aromatic carbocycles. The van der Waals surface area contributed by atoms with Gasteiger partial charge >= 0.3 is 0 Å². The molecular weight excluding hydrogens is 187 g/mol. The molecule has 0 saturated carbocycles. The number of halogens is 1. The second kappa shape index (κ2) is 3.44. The summed E-state index contributed by atoms with van der Waals surface area (Å²) in [7, 11) is 0. The molecule has 0 aliphatic rings. The lowest BCUT2D eigenvalue weighted by molar-refractivity contribution is 1.31. The van der Waals surface area contributed by atoms with E-state index < -0.39 is 0 Å². The van der Waals surface area contributed by atoms with E-state index in [1.54, 1.807) is 0 Å². The standard InChI is InChI=1S/C5H7I/c1-3-4-5(2)6/h4-5H,1H2,2H3. The SMILES string of the molecule is C=C=CC(C)I. The van der Waals surface area contributed by atoms with E-state index in [0.717, 1.165) is 0 Å². The van der Waals surface area contributed by atoms with Crippen LogP contribution in [0, 0.1) is 0 Å². The topological polar surface area (TPSA) is 0 Å². The van der Waals surface area contributed by atoms with Gasteiger partial charge in [0, 0.05) is 3.92 Å². The van der Waals surface area contributed by atoms with E-state index in [-0.39, 0.29) is 0 Å². The summed E-state index contributed by atoms with van der Waals surface area (Å²) in [5, 5.41) is 0. The van der Waals surface area contributed by atoms with Crippen LogP contribution < -0.4 is 0 Å². The summed E-state index contributed by atoms with van der Waals surface area (Å²) in [6, 6.07) is 0. The van der Waals surface area contributed by atoms with Crippen molar-refractivity contribution in [2.75, 3.05) is 0 Å². The van der Waals surface area contributed by atoms with Crippen LogP contribution in [0.2, 0.25) is 0 Å². The molecule has 0 spiro atoms.